The van der Waals surface area contributed by atoms with Gasteiger partial charge in [-0.25, -0.2) is 8.42 Å². The quantitative estimate of drug-likeness (QED) is 0.238. The second-order valence-corrected chi connectivity index (χ2v) is 4.35. The van der Waals surface area contributed by atoms with Gasteiger partial charge in [0.2, 0.25) is 0 Å². The second-order valence-electron chi connectivity index (χ2n) is 2.76. The maximum Gasteiger partial charge on any atom is 1.00 e. The van der Waals surface area contributed by atoms with Crippen molar-refractivity contribution < 1.29 is 42.5 Å². The number of rotatable bonds is 6. The average molecular weight is 214 g/mol. The zero-order valence-corrected chi connectivity index (χ0v) is 11.1. The van der Waals surface area contributed by atoms with Crippen LogP contribution in [0.15, 0.2) is 12.7 Å². The Morgan fingerprint density at radius 3 is 2.31 bits per heavy atom. The monoisotopic (exact) mass is 214 g/mol. The minimum atomic E-state index is -4.16. The fourth-order valence-corrected chi connectivity index (χ4v) is 1.67. The molecule has 0 aromatic heterocycles. The maximum absolute atomic E-state index is 10.5. The molecule has 0 aliphatic rings. The molecule has 1 atom stereocenters. The molecule has 0 saturated heterocycles. The summed E-state index contributed by atoms with van der Waals surface area (Å²) < 4.78 is 31.6. The van der Waals surface area contributed by atoms with Gasteiger partial charge in [-0.15, -0.1) is 6.58 Å². The van der Waals surface area contributed by atoms with Crippen LogP contribution in [-0.2, 0) is 10.1 Å². The molecule has 0 fully saturated rings. The van der Waals surface area contributed by atoms with Gasteiger partial charge in [0, 0.05) is 0 Å². The molecule has 72 valence electrons. The summed E-state index contributed by atoms with van der Waals surface area (Å²) in [4.78, 5) is 0. The zero-order chi connectivity index (χ0) is 9.61. The SMILES string of the molecule is C=CC(CCCCC)S(=O)(=O)[O-].[Na+]. The van der Waals surface area contributed by atoms with Gasteiger partial charge in [-0.1, -0.05) is 32.3 Å². The molecule has 3 nitrogen and oxygen atoms in total. The summed E-state index contributed by atoms with van der Waals surface area (Å²) in [5, 5.41) is -0.899. The van der Waals surface area contributed by atoms with E-state index in [0.717, 1.165) is 19.3 Å². The van der Waals surface area contributed by atoms with Crippen molar-refractivity contribution >= 4 is 10.1 Å². The van der Waals surface area contributed by atoms with Crippen LogP contribution in [0.2, 0.25) is 0 Å². The Balaban J connectivity index is 0. The van der Waals surface area contributed by atoms with E-state index in [9.17, 15) is 13.0 Å². The molecule has 1 unspecified atom stereocenters. The summed E-state index contributed by atoms with van der Waals surface area (Å²) in [7, 11) is -4.16. The van der Waals surface area contributed by atoms with E-state index in [2.05, 4.69) is 6.58 Å². The van der Waals surface area contributed by atoms with Crippen LogP contribution < -0.4 is 29.6 Å². The molecule has 0 aromatic rings. The van der Waals surface area contributed by atoms with Crippen molar-refractivity contribution in [1.82, 2.24) is 0 Å². The fourth-order valence-electron chi connectivity index (χ4n) is 0.976. The van der Waals surface area contributed by atoms with Crippen molar-refractivity contribution in [2.75, 3.05) is 0 Å². The molecule has 0 rings (SSSR count). The van der Waals surface area contributed by atoms with Crippen LogP contribution in [0, 0.1) is 0 Å². The molecule has 5 heteroatoms. The molecule has 0 bridgehead atoms. The van der Waals surface area contributed by atoms with Crippen molar-refractivity contribution in [2.45, 2.75) is 37.9 Å². The van der Waals surface area contributed by atoms with Crippen LogP contribution in [0.4, 0.5) is 0 Å². The van der Waals surface area contributed by atoms with Crippen molar-refractivity contribution in [3.63, 3.8) is 0 Å². The average Bonchev–Trinajstić information content (AvgIpc) is 1.95. The molecular weight excluding hydrogens is 199 g/mol. The first-order chi connectivity index (χ1) is 5.52. The van der Waals surface area contributed by atoms with Crippen LogP contribution in [0.5, 0.6) is 0 Å². The number of hydrogen-bond acceptors (Lipinski definition) is 3. The molecule has 13 heavy (non-hydrogen) atoms. The molecular formula is C8H15NaO3S. The summed E-state index contributed by atoms with van der Waals surface area (Å²) in [5.41, 5.74) is 0. The van der Waals surface area contributed by atoms with E-state index in [-0.39, 0.29) is 29.6 Å². The van der Waals surface area contributed by atoms with E-state index in [0.29, 0.717) is 6.42 Å². The Morgan fingerprint density at radius 2 is 2.00 bits per heavy atom. The van der Waals surface area contributed by atoms with E-state index in [1.165, 1.54) is 6.08 Å². The van der Waals surface area contributed by atoms with Crippen LogP contribution in [0.25, 0.3) is 0 Å². The largest absolute Gasteiger partial charge is 1.00 e. The van der Waals surface area contributed by atoms with Gasteiger partial charge < -0.3 is 4.55 Å². The van der Waals surface area contributed by atoms with Crippen LogP contribution in [0.1, 0.15) is 32.6 Å². The number of unbranched alkanes of at least 4 members (excludes halogenated alkanes) is 2. The van der Waals surface area contributed by atoms with Gasteiger partial charge >= 0.3 is 29.6 Å². The van der Waals surface area contributed by atoms with Crippen molar-refractivity contribution in [3.8, 4) is 0 Å². The van der Waals surface area contributed by atoms with Crippen molar-refractivity contribution in [1.29, 1.82) is 0 Å². The van der Waals surface area contributed by atoms with Gasteiger partial charge in [-0.2, -0.15) is 0 Å². The normalized spacial score (nSPS) is 13.1. The Hall–Kier alpha value is 0.650. The first-order valence-corrected chi connectivity index (χ1v) is 5.56. The van der Waals surface area contributed by atoms with Crippen molar-refractivity contribution in [2.24, 2.45) is 0 Å². The van der Waals surface area contributed by atoms with Gasteiger partial charge in [-0.05, 0) is 6.42 Å². The smallest absolute Gasteiger partial charge is 0.747 e. The Kier molecular flexibility index (Phi) is 9.90. The molecule has 0 heterocycles. The minimum Gasteiger partial charge on any atom is -0.747 e. The van der Waals surface area contributed by atoms with Gasteiger partial charge in [-0.3, -0.25) is 0 Å². The molecule has 0 aromatic carbocycles. The molecule has 0 amide bonds. The van der Waals surface area contributed by atoms with E-state index >= 15 is 0 Å². The van der Waals surface area contributed by atoms with Crippen LogP contribution in [0.3, 0.4) is 0 Å². The van der Waals surface area contributed by atoms with Gasteiger partial charge in [0.25, 0.3) is 0 Å². The van der Waals surface area contributed by atoms with E-state index in [1.807, 2.05) is 6.92 Å². The third-order valence-electron chi connectivity index (χ3n) is 1.73. The minimum absolute atomic E-state index is 0. The molecule has 0 radical (unpaired) electrons. The molecule has 0 aliphatic heterocycles. The zero-order valence-electron chi connectivity index (χ0n) is 8.32. The number of hydrogen-bond donors (Lipinski definition) is 0. The van der Waals surface area contributed by atoms with Gasteiger partial charge in [0.15, 0.2) is 0 Å². The standard InChI is InChI=1S/C8H16O3S.Na/c1-3-5-6-7-8(4-2)12(9,10)11;/h4,8H,2-3,5-7H2,1H3,(H,9,10,11);/q;+1/p-1. The Labute approximate surface area is 103 Å². The van der Waals surface area contributed by atoms with Gasteiger partial charge in [0.1, 0.15) is 10.1 Å². The van der Waals surface area contributed by atoms with E-state index in [4.69, 9.17) is 0 Å². The summed E-state index contributed by atoms with van der Waals surface area (Å²) >= 11 is 0. The Bertz CT molecular complexity index is 224. The summed E-state index contributed by atoms with van der Waals surface area (Å²) in [6.45, 7) is 5.35. The second kappa shape index (κ2) is 8.00. The third-order valence-corrected chi connectivity index (χ3v) is 2.90. The molecule has 0 saturated carbocycles. The van der Waals surface area contributed by atoms with Crippen LogP contribution >= 0.6 is 0 Å². The predicted molar refractivity (Wildman–Crippen MR) is 47.8 cm³/mol. The van der Waals surface area contributed by atoms with Gasteiger partial charge in [0.05, 0.1) is 5.25 Å². The topological polar surface area (TPSA) is 57.2 Å². The van der Waals surface area contributed by atoms with E-state index < -0.39 is 15.4 Å². The summed E-state index contributed by atoms with van der Waals surface area (Å²) in [6, 6.07) is 0. The summed E-state index contributed by atoms with van der Waals surface area (Å²) in [5.74, 6) is 0. The molecule has 0 N–H and O–H groups in total. The van der Waals surface area contributed by atoms with Crippen LogP contribution in [-0.4, -0.2) is 18.2 Å². The first kappa shape index (κ1) is 16.1. The molecule has 0 spiro atoms. The first-order valence-electron chi connectivity index (χ1n) is 4.09. The van der Waals surface area contributed by atoms with Crippen molar-refractivity contribution in [3.05, 3.63) is 12.7 Å². The molecule has 0 aliphatic carbocycles. The Morgan fingerprint density at radius 1 is 1.46 bits per heavy atom. The third kappa shape index (κ3) is 7.70. The maximum atomic E-state index is 10.5. The predicted octanol–water partition coefficient (Wildman–Crippen LogP) is -1.33. The fraction of sp³-hybridized carbons (Fsp3) is 0.750. The van der Waals surface area contributed by atoms with E-state index in [1.54, 1.807) is 0 Å². The summed E-state index contributed by atoms with van der Waals surface area (Å²) in [6.07, 6.45) is 4.37.